The lowest BCUT2D eigenvalue weighted by Gasteiger charge is -2.27. The summed E-state index contributed by atoms with van der Waals surface area (Å²) in [6, 6.07) is -0.960. The average Bonchev–Trinajstić information content (AvgIpc) is 2.70. The molecule has 2 atom stereocenters. The fourth-order valence-corrected chi connectivity index (χ4v) is 3.32. The van der Waals surface area contributed by atoms with Gasteiger partial charge in [0.2, 0.25) is 0 Å². The first-order valence-corrected chi connectivity index (χ1v) is 7.71. The number of aliphatic carboxylic acids is 1. The summed E-state index contributed by atoms with van der Waals surface area (Å²) in [5.74, 6) is -0.449. The fourth-order valence-electron chi connectivity index (χ4n) is 1.98. The second-order valence-electron chi connectivity index (χ2n) is 6.00. The Balaban J connectivity index is 2.58. The minimum atomic E-state index is -0.922. The molecule has 0 saturated carbocycles. The number of hydrogen-bond donors (Lipinski definition) is 2. The largest absolute Gasteiger partial charge is 0.480 e. The molecule has 0 bridgehead atoms. The molecular formula is C13H24N2O3S. The number of thioether (sulfide) groups is 1. The summed E-state index contributed by atoms with van der Waals surface area (Å²) in [5.41, 5.74) is 0.156. The Kier molecular flexibility index (Phi) is 5.52. The molecule has 1 heterocycles. The van der Waals surface area contributed by atoms with E-state index in [9.17, 15) is 9.59 Å². The third-order valence-corrected chi connectivity index (χ3v) is 4.57. The van der Waals surface area contributed by atoms with Crippen LogP contribution in [0.5, 0.6) is 0 Å². The maximum Gasteiger partial charge on any atom is 0.327 e. The molecule has 0 radical (unpaired) electrons. The first-order valence-electron chi connectivity index (χ1n) is 6.67. The third-order valence-electron chi connectivity index (χ3n) is 3.11. The van der Waals surface area contributed by atoms with Gasteiger partial charge in [0.15, 0.2) is 0 Å². The Hall–Kier alpha value is -0.910. The van der Waals surface area contributed by atoms with Crippen molar-refractivity contribution in [3.8, 4) is 0 Å². The topological polar surface area (TPSA) is 69.6 Å². The van der Waals surface area contributed by atoms with Gasteiger partial charge in [-0.2, -0.15) is 0 Å². The normalized spacial score (nSPS) is 23.5. The fraction of sp³-hybridized carbons (Fsp3) is 0.846. The van der Waals surface area contributed by atoms with E-state index in [0.29, 0.717) is 12.3 Å². The number of carbonyl (C=O) groups excluding carboxylic acids is 1. The molecule has 2 amide bonds. The third kappa shape index (κ3) is 4.60. The first-order chi connectivity index (χ1) is 8.76. The number of carboxylic acids is 1. The van der Waals surface area contributed by atoms with E-state index in [4.69, 9.17) is 5.11 Å². The predicted octanol–water partition coefficient (Wildman–Crippen LogP) is 2.37. The lowest BCUT2D eigenvalue weighted by molar-refractivity contribution is -0.141. The molecule has 1 fully saturated rings. The van der Waals surface area contributed by atoms with E-state index in [1.54, 1.807) is 0 Å². The summed E-state index contributed by atoms with van der Waals surface area (Å²) in [5, 5.41) is 12.0. The SMILES string of the molecule is CCC1SCC(C(=O)O)N1C(=O)NCCC(C)(C)C. The van der Waals surface area contributed by atoms with Crippen molar-refractivity contribution in [1.82, 2.24) is 10.2 Å². The Morgan fingerprint density at radius 2 is 2.05 bits per heavy atom. The molecule has 0 aromatic carbocycles. The summed E-state index contributed by atoms with van der Waals surface area (Å²) >= 11 is 1.54. The highest BCUT2D eigenvalue weighted by atomic mass is 32.2. The zero-order chi connectivity index (χ0) is 14.6. The van der Waals surface area contributed by atoms with Crippen LogP contribution < -0.4 is 5.32 Å². The van der Waals surface area contributed by atoms with E-state index in [1.807, 2.05) is 6.92 Å². The zero-order valence-corrected chi connectivity index (χ0v) is 12.9. The molecule has 1 aliphatic rings. The summed E-state index contributed by atoms with van der Waals surface area (Å²) in [7, 11) is 0. The zero-order valence-electron chi connectivity index (χ0n) is 12.1. The molecule has 110 valence electrons. The molecular weight excluding hydrogens is 264 g/mol. The van der Waals surface area contributed by atoms with Gasteiger partial charge in [0.25, 0.3) is 0 Å². The minimum Gasteiger partial charge on any atom is -0.480 e. The van der Waals surface area contributed by atoms with E-state index in [1.165, 1.54) is 16.7 Å². The van der Waals surface area contributed by atoms with Crippen molar-refractivity contribution in [2.45, 2.75) is 52.0 Å². The van der Waals surface area contributed by atoms with Crippen molar-refractivity contribution >= 4 is 23.8 Å². The van der Waals surface area contributed by atoms with Crippen LogP contribution in [0.1, 0.15) is 40.5 Å². The van der Waals surface area contributed by atoms with Crippen molar-refractivity contribution in [2.24, 2.45) is 5.41 Å². The second-order valence-corrected chi connectivity index (χ2v) is 7.21. The number of carbonyl (C=O) groups is 2. The number of urea groups is 1. The highest BCUT2D eigenvalue weighted by Gasteiger charge is 2.40. The highest BCUT2D eigenvalue weighted by molar-refractivity contribution is 8.00. The van der Waals surface area contributed by atoms with Gasteiger partial charge in [-0.15, -0.1) is 11.8 Å². The van der Waals surface area contributed by atoms with Gasteiger partial charge in [0.05, 0.1) is 5.37 Å². The molecule has 1 saturated heterocycles. The maximum absolute atomic E-state index is 12.2. The van der Waals surface area contributed by atoms with Crippen molar-refractivity contribution in [3.05, 3.63) is 0 Å². The van der Waals surface area contributed by atoms with Crippen LogP contribution in [0.4, 0.5) is 4.79 Å². The van der Waals surface area contributed by atoms with Crippen LogP contribution in [0.2, 0.25) is 0 Å². The van der Waals surface area contributed by atoms with E-state index >= 15 is 0 Å². The number of carboxylic acid groups (broad SMARTS) is 1. The Labute approximate surface area is 119 Å². The van der Waals surface area contributed by atoms with Gasteiger partial charge >= 0.3 is 12.0 Å². The Bertz CT molecular complexity index is 341. The Morgan fingerprint density at radius 3 is 2.53 bits per heavy atom. The van der Waals surface area contributed by atoms with Gasteiger partial charge in [0.1, 0.15) is 6.04 Å². The van der Waals surface area contributed by atoms with Crippen LogP contribution in [-0.4, -0.2) is 45.7 Å². The molecule has 1 aliphatic heterocycles. The molecule has 5 nitrogen and oxygen atoms in total. The first kappa shape index (κ1) is 16.1. The van der Waals surface area contributed by atoms with Crippen LogP contribution in [0.25, 0.3) is 0 Å². The summed E-state index contributed by atoms with van der Waals surface area (Å²) < 4.78 is 0. The molecule has 0 aromatic rings. The quantitative estimate of drug-likeness (QED) is 0.833. The number of rotatable bonds is 4. The van der Waals surface area contributed by atoms with E-state index in [-0.39, 0.29) is 16.8 Å². The molecule has 6 heteroatoms. The number of nitrogens with zero attached hydrogens (tertiary/aromatic N) is 1. The van der Waals surface area contributed by atoms with Crippen LogP contribution in [0, 0.1) is 5.41 Å². The molecule has 2 N–H and O–H groups in total. The van der Waals surface area contributed by atoms with Crippen LogP contribution >= 0.6 is 11.8 Å². The van der Waals surface area contributed by atoms with E-state index < -0.39 is 12.0 Å². The monoisotopic (exact) mass is 288 g/mol. The minimum absolute atomic E-state index is 0.0317. The van der Waals surface area contributed by atoms with Crippen LogP contribution in [0.15, 0.2) is 0 Å². The average molecular weight is 288 g/mol. The highest BCUT2D eigenvalue weighted by Crippen LogP contribution is 2.31. The van der Waals surface area contributed by atoms with Crippen molar-refractivity contribution in [2.75, 3.05) is 12.3 Å². The van der Waals surface area contributed by atoms with Gasteiger partial charge in [-0.25, -0.2) is 9.59 Å². The van der Waals surface area contributed by atoms with Crippen molar-refractivity contribution < 1.29 is 14.7 Å². The lowest BCUT2D eigenvalue weighted by atomic mass is 9.92. The van der Waals surface area contributed by atoms with Crippen LogP contribution in [-0.2, 0) is 4.79 Å². The van der Waals surface area contributed by atoms with E-state index in [0.717, 1.165) is 12.8 Å². The van der Waals surface area contributed by atoms with Crippen molar-refractivity contribution in [3.63, 3.8) is 0 Å². The summed E-state index contributed by atoms with van der Waals surface area (Å²) in [4.78, 5) is 24.8. The van der Waals surface area contributed by atoms with Gasteiger partial charge < -0.3 is 10.4 Å². The van der Waals surface area contributed by atoms with Gasteiger partial charge in [0, 0.05) is 12.3 Å². The van der Waals surface area contributed by atoms with Gasteiger partial charge in [-0.3, -0.25) is 4.90 Å². The molecule has 0 spiro atoms. The number of nitrogens with one attached hydrogen (secondary N) is 1. The number of hydrogen-bond acceptors (Lipinski definition) is 3. The van der Waals surface area contributed by atoms with Gasteiger partial charge in [-0.05, 0) is 18.3 Å². The molecule has 2 unspecified atom stereocenters. The predicted molar refractivity (Wildman–Crippen MR) is 77.3 cm³/mol. The van der Waals surface area contributed by atoms with Gasteiger partial charge in [-0.1, -0.05) is 27.7 Å². The summed E-state index contributed by atoms with van der Waals surface area (Å²) in [6.07, 6.45) is 1.63. The smallest absolute Gasteiger partial charge is 0.327 e. The van der Waals surface area contributed by atoms with Crippen LogP contribution in [0.3, 0.4) is 0 Å². The number of amides is 2. The Morgan fingerprint density at radius 1 is 1.42 bits per heavy atom. The molecule has 19 heavy (non-hydrogen) atoms. The second kappa shape index (κ2) is 6.50. The maximum atomic E-state index is 12.2. The lowest BCUT2D eigenvalue weighted by Crippen LogP contribution is -2.50. The molecule has 1 rings (SSSR count). The molecule has 0 aliphatic carbocycles. The molecule has 0 aromatic heterocycles. The van der Waals surface area contributed by atoms with E-state index in [2.05, 4.69) is 26.1 Å². The summed E-state index contributed by atoms with van der Waals surface area (Å²) in [6.45, 7) is 8.88. The van der Waals surface area contributed by atoms with Crippen molar-refractivity contribution in [1.29, 1.82) is 0 Å². The standard InChI is InChI=1S/C13H24N2O3S/c1-5-10-15(9(8-19-10)11(16)17)12(18)14-7-6-13(2,3)4/h9-10H,5-8H2,1-4H3,(H,14,18)(H,16,17).